The van der Waals surface area contributed by atoms with Crippen molar-refractivity contribution in [1.82, 2.24) is 10.3 Å². The molecule has 0 aromatic carbocycles. The summed E-state index contributed by atoms with van der Waals surface area (Å²) in [5.41, 5.74) is 11.8. The number of rotatable bonds is 6. The maximum Gasteiger partial charge on any atom is 0.192 e. The molecule has 5 nitrogen and oxygen atoms in total. The van der Waals surface area contributed by atoms with Crippen molar-refractivity contribution in [2.75, 3.05) is 0 Å². The van der Waals surface area contributed by atoms with Gasteiger partial charge in [0.25, 0.3) is 0 Å². The van der Waals surface area contributed by atoms with Gasteiger partial charge in [0.2, 0.25) is 0 Å². The monoisotopic (exact) mass is 379 g/mol. The molecule has 1 atom stereocenters. The number of pyridine rings is 1. The van der Waals surface area contributed by atoms with E-state index in [-0.39, 0.29) is 5.96 Å². The molecule has 2 rings (SSSR count). The van der Waals surface area contributed by atoms with Gasteiger partial charge in [-0.15, -0.1) is 11.8 Å². The fourth-order valence-electron chi connectivity index (χ4n) is 1.96. The minimum Gasteiger partial charge on any atom is -0.370 e. The summed E-state index contributed by atoms with van der Waals surface area (Å²) in [5, 5.41) is 4.15. The first-order valence-corrected chi connectivity index (χ1v) is 9.54. The number of allylic oxidation sites excluding steroid dienone is 3. The van der Waals surface area contributed by atoms with Gasteiger partial charge in [0.1, 0.15) is 5.82 Å². The van der Waals surface area contributed by atoms with Crippen LogP contribution in [0.2, 0.25) is 0 Å². The largest absolute Gasteiger partial charge is 0.370 e. The van der Waals surface area contributed by atoms with Crippen molar-refractivity contribution >= 4 is 29.3 Å². The highest BCUT2D eigenvalue weighted by Crippen LogP contribution is 2.29. The third-order valence-corrected chi connectivity index (χ3v) is 4.71. The highest BCUT2D eigenvalue weighted by Gasteiger charge is 2.12. The number of halogens is 1. The fraction of sp³-hybridized carbons (Fsp3) is 0.333. The lowest BCUT2D eigenvalue weighted by atomic mass is 10.1. The Balaban J connectivity index is 0.00000151. The zero-order chi connectivity index (χ0) is 18.7. The van der Waals surface area contributed by atoms with Gasteiger partial charge in [0, 0.05) is 28.2 Å². The van der Waals surface area contributed by atoms with Crippen molar-refractivity contribution in [3.63, 3.8) is 0 Å². The molecule has 0 fully saturated rings. The number of nitrogens with one attached hydrogen (secondary N) is 1. The van der Waals surface area contributed by atoms with E-state index < -0.39 is 0 Å². The predicted octanol–water partition coefficient (Wildman–Crippen LogP) is 4.09. The lowest BCUT2D eigenvalue weighted by molar-refractivity contribution is 0.906. The van der Waals surface area contributed by atoms with Crippen LogP contribution in [0.4, 0.5) is 0 Å². The Morgan fingerprint density at radius 2 is 2.04 bits per heavy atom. The van der Waals surface area contributed by atoms with Crippen molar-refractivity contribution in [2.45, 2.75) is 43.8 Å². The third-order valence-electron chi connectivity index (χ3n) is 3.07. The van der Waals surface area contributed by atoms with Crippen LogP contribution in [-0.2, 0) is 0 Å². The van der Waals surface area contributed by atoms with Gasteiger partial charge in [-0.05, 0) is 31.1 Å². The number of hydrogen-bond acceptors (Lipinski definition) is 4. The number of aliphatic imine (C=N–C) groups is 1. The van der Waals surface area contributed by atoms with E-state index >= 15 is 0 Å². The van der Waals surface area contributed by atoms with Crippen LogP contribution in [0.25, 0.3) is 0 Å². The molecule has 1 aromatic heterocycles. The van der Waals surface area contributed by atoms with Gasteiger partial charge in [-0.1, -0.05) is 44.5 Å². The molecule has 0 saturated carbocycles. The van der Waals surface area contributed by atoms with Crippen LogP contribution in [-0.4, -0.2) is 16.2 Å². The molecule has 1 aromatic rings. The van der Waals surface area contributed by atoms with Crippen molar-refractivity contribution in [1.29, 1.82) is 0 Å². The molecule has 136 valence electrons. The molecule has 0 aliphatic heterocycles. The van der Waals surface area contributed by atoms with Gasteiger partial charge < -0.3 is 16.8 Å². The zero-order valence-electron chi connectivity index (χ0n) is 14.9. The highest BCUT2D eigenvalue weighted by atomic mass is 35.5. The Kier molecular flexibility index (Phi) is 9.80. The van der Waals surface area contributed by atoms with E-state index in [9.17, 15) is 0 Å². The van der Waals surface area contributed by atoms with Crippen molar-refractivity contribution in [2.24, 2.45) is 16.5 Å². The maximum atomic E-state index is 6.17. The molecule has 1 aliphatic rings. The van der Waals surface area contributed by atoms with Crippen molar-refractivity contribution < 1.29 is 0 Å². The summed E-state index contributed by atoms with van der Waals surface area (Å²) in [6.45, 7) is 5.94. The molecular weight excluding hydrogens is 354 g/mol. The molecule has 0 spiro atoms. The minimum atomic E-state index is -0.0226. The Morgan fingerprint density at radius 1 is 1.36 bits per heavy atom. The first-order valence-electron chi connectivity index (χ1n) is 8.28. The third kappa shape index (κ3) is 7.67. The molecule has 0 saturated heterocycles. The van der Waals surface area contributed by atoms with Gasteiger partial charge in [-0.2, -0.15) is 4.99 Å². The number of nitrogens with zero attached hydrogens (tertiary/aromatic N) is 2. The molecule has 1 unspecified atom stereocenters. The summed E-state index contributed by atoms with van der Waals surface area (Å²) in [6, 6.07) is 4.02. The molecule has 0 radical (unpaired) electrons. The molecule has 1 aliphatic carbocycles. The molecule has 0 bridgehead atoms. The first kappa shape index (κ1) is 21.1. The average Bonchev–Trinajstić information content (AvgIpc) is 2.64. The second kappa shape index (κ2) is 11.6. The van der Waals surface area contributed by atoms with E-state index in [1.165, 1.54) is 4.90 Å². The quantitative estimate of drug-likeness (QED) is 0.511. The summed E-state index contributed by atoms with van der Waals surface area (Å²) in [5.74, 6) is 0.468. The average molecular weight is 380 g/mol. The smallest absolute Gasteiger partial charge is 0.192 e. The van der Waals surface area contributed by atoms with Crippen LogP contribution in [0.1, 0.15) is 33.6 Å². The molecule has 25 heavy (non-hydrogen) atoms. The van der Waals surface area contributed by atoms with E-state index in [4.69, 9.17) is 23.1 Å². The lowest BCUT2D eigenvalue weighted by Gasteiger charge is -2.17. The number of thioether (sulfide) groups is 1. The van der Waals surface area contributed by atoms with Crippen molar-refractivity contribution in [3.8, 4) is 0 Å². The second-order valence-electron chi connectivity index (χ2n) is 4.86. The Hall–Kier alpha value is -1.92. The number of aromatic nitrogens is 1. The normalized spacial score (nSPS) is 16.8. The molecule has 7 heteroatoms. The van der Waals surface area contributed by atoms with E-state index in [1.54, 1.807) is 24.2 Å². The molecular formula is C18H26ClN5S. The molecule has 0 amide bonds. The predicted molar refractivity (Wildman–Crippen MR) is 109 cm³/mol. The number of nitrogens with two attached hydrogens (primary N) is 2. The zero-order valence-corrected chi connectivity index (χ0v) is 16.4. The summed E-state index contributed by atoms with van der Waals surface area (Å²) in [7, 11) is 0. The second-order valence-corrected chi connectivity index (χ2v) is 6.63. The van der Waals surface area contributed by atoms with Gasteiger partial charge in [0.05, 0.1) is 5.03 Å². The summed E-state index contributed by atoms with van der Waals surface area (Å²) >= 11 is 7.97. The Labute approximate surface area is 159 Å². The van der Waals surface area contributed by atoms with Crippen LogP contribution in [0.3, 0.4) is 0 Å². The van der Waals surface area contributed by atoms with E-state index in [0.717, 1.165) is 12.1 Å². The van der Waals surface area contributed by atoms with E-state index in [0.29, 0.717) is 22.5 Å². The number of hydrogen-bond donors (Lipinski definition) is 3. The lowest BCUT2D eigenvalue weighted by Crippen LogP contribution is -2.25. The maximum absolute atomic E-state index is 6.17. The van der Waals surface area contributed by atoms with Crippen LogP contribution < -0.4 is 16.8 Å². The van der Waals surface area contributed by atoms with Gasteiger partial charge in [-0.3, -0.25) is 4.98 Å². The summed E-state index contributed by atoms with van der Waals surface area (Å²) in [6.07, 6.45) is 11.4. The SMILES string of the molecule is CC.CC/C(Cl)=C(\N=C(N)N)NC1=CCC(Sc2ccncc2)C=C1. The van der Waals surface area contributed by atoms with Gasteiger partial charge >= 0.3 is 0 Å². The summed E-state index contributed by atoms with van der Waals surface area (Å²) < 4.78 is 0. The van der Waals surface area contributed by atoms with Crippen LogP contribution in [0.15, 0.2) is 69.2 Å². The topological polar surface area (TPSA) is 89.3 Å². The van der Waals surface area contributed by atoms with E-state index in [2.05, 4.69) is 27.4 Å². The van der Waals surface area contributed by atoms with Crippen molar-refractivity contribution in [3.05, 3.63) is 59.3 Å². The standard InChI is InChI=1S/C16H20ClN5S.C2H6/c1-2-14(17)15(22-16(18)19)21-11-3-5-12(6-4-11)23-13-7-9-20-10-8-13;1-2/h3-5,7-10,12,21H,2,6H2,1H3,(H4,18,19,22);1-2H3/b15-14+;. The fourth-order valence-corrected chi connectivity index (χ4v) is 3.03. The van der Waals surface area contributed by atoms with Crippen LogP contribution in [0.5, 0.6) is 0 Å². The Morgan fingerprint density at radius 3 is 2.56 bits per heavy atom. The first-order chi connectivity index (χ1) is 12.1. The van der Waals surface area contributed by atoms with Gasteiger partial charge in [-0.25, -0.2) is 0 Å². The minimum absolute atomic E-state index is 0.0226. The van der Waals surface area contributed by atoms with Gasteiger partial charge in [0.15, 0.2) is 5.96 Å². The highest BCUT2D eigenvalue weighted by molar-refractivity contribution is 8.00. The summed E-state index contributed by atoms with van der Waals surface area (Å²) in [4.78, 5) is 9.28. The number of guanidine groups is 1. The van der Waals surface area contributed by atoms with Crippen LogP contribution in [0, 0.1) is 0 Å². The molecule has 1 heterocycles. The molecule has 5 N–H and O–H groups in total. The Bertz CT molecular complexity index is 649. The van der Waals surface area contributed by atoms with Crippen LogP contribution >= 0.6 is 23.4 Å². The van der Waals surface area contributed by atoms with E-state index in [1.807, 2.05) is 39.0 Å².